The number of carbonyl (C=O) groups is 3. The molecule has 3 aromatic rings. The number of amides is 3. The number of hydrogen-bond acceptors (Lipinski definition) is 9. The lowest BCUT2D eigenvalue weighted by atomic mass is 10.0. The summed E-state index contributed by atoms with van der Waals surface area (Å²) in [6.07, 6.45) is 6.34. The van der Waals surface area contributed by atoms with Crippen LogP contribution in [-0.2, 0) is 38.7 Å². The Balaban J connectivity index is 1.18. The fourth-order valence-corrected chi connectivity index (χ4v) is 5.64. The number of piperazine rings is 1. The van der Waals surface area contributed by atoms with E-state index in [2.05, 4.69) is 20.6 Å². The molecule has 2 aromatic carbocycles. The zero-order valence-electron chi connectivity index (χ0n) is 26.7. The van der Waals surface area contributed by atoms with Gasteiger partial charge in [-0.25, -0.2) is 9.97 Å². The van der Waals surface area contributed by atoms with Crippen LogP contribution in [0.25, 0.3) is 0 Å². The largest absolute Gasteiger partial charge is 0.496 e. The molecule has 3 amide bonds. The first-order valence-electron chi connectivity index (χ1n) is 15.8. The van der Waals surface area contributed by atoms with Crippen molar-refractivity contribution >= 4 is 35.0 Å². The lowest BCUT2D eigenvalue weighted by Gasteiger charge is -2.38. The molecule has 0 unspecified atom stereocenters. The molecule has 5 rings (SSSR count). The number of anilines is 1. The lowest BCUT2D eigenvalue weighted by Crippen LogP contribution is -2.61. The number of aromatic nitrogens is 2. The van der Waals surface area contributed by atoms with Crippen LogP contribution in [0.5, 0.6) is 11.8 Å². The Morgan fingerprint density at radius 1 is 1.11 bits per heavy atom. The molecule has 1 atom stereocenters. The van der Waals surface area contributed by atoms with Gasteiger partial charge in [0.25, 0.3) is 0 Å². The van der Waals surface area contributed by atoms with Crippen molar-refractivity contribution in [3.05, 3.63) is 76.6 Å². The Bertz CT molecular complexity index is 1540. The van der Waals surface area contributed by atoms with E-state index in [9.17, 15) is 14.4 Å². The molecular weight excluding hydrogens is 624 g/mol. The van der Waals surface area contributed by atoms with Crippen LogP contribution >= 0.6 is 11.6 Å². The minimum absolute atomic E-state index is 0.0415. The van der Waals surface area contributed by atoms with Gasteiger partial charge in [-0.05, 0) is 42.5 Å². The Hall–Kier alpha value is -4.26. The number of halogens is 1. The highest BCUT2D eigenvalue weighted by atomic mass is 35.5. The van der Waals surface area contributed by atoms with Crippen molar-refractivity contribution in [2.75, 3.05) is 45.4 Å². The third-order valence-corrected chi connectivity index (χ3v) is 8.50. The van der Waals surface area contributed by atoms with Crippen molar-refractivity contribution in [3.63, 3.8) is 0 Å². The van der Waals surface area contributed by atoms with E-state index in [4.69, 9.17) is 25.8 Å². The molecule has 1 aromatic heterocycles. The number of methoxy groups -OCH3 is 1. The van der Waals surface area contributed by atoms with E-state index >= 15 is 0 Å². The molecule has 0 radical (unpaired) electrons. The number of aryl methyl sites for hydroxylation is 1. The van der Waals surface area contributed by atoms with Gasteiger partial charge in [-0.15, -0.1) is 0 Å². The summed E-state index contributed by atoms with van der Waals surface area (Å²) >= 11 is 6.57. The summed E-state index contributed by atoms with van der Waals surface area (Å²) in [5, 5.41) is 6.27. The quantitative estimate of drug-likeness (QED) is 0.221. The molecule has 1 saturated carbocycles. The summed E-state index contributed by atoms with van der Waals surface area (Å²) < 4.78 is 16.8. The molecule has 13 heteroatoms. The SMILES string of the molecule is CNC(=O)CCc1ccc(Cl)c(CN(C(=O)[C@H]2CNCC(=O)N2c2cnc(OCCCOCc3ccccc3OC)nc2)C2CC2)c1. The van der Waals surface area contributed by atoms with Gasteiger partial charge in [0.05, 0.1) is 51.6 Å². The highest BCUT2D eigenvalue weighted by Crippen LogP contribution is 2.32. The predicted octanol–water partition coefficient (Wildman–Crippen LogP) is 3.30. The van der Waals surface area contributed by atoms with Crippen molar-refractivity contribution in [2.24, 2.45) is 0 Å². The average Bonchev–Trinajstić information content (AvgIpc) is 3.94. The van der Waals surface area contributed by atoms with Crippen LogP contribution < -0.4 is 25.0 Å². The van der Waals surface area contributed by atoms with E-state index in [0.717, 1.165) is 35.3 Å². The Morgan fingerprint density at radius 2 is 1.89 bits per heavy atom. The third kappa shape index (κ3) is 9.18. The topological polar surface area (TPSA) is 135 Å². The summed E-state index contributed by atoms with van der Waals surface area (Å²) in [5.41, 5.74) is 3.17. The number of nitrogens with zero attached hydrogens (tertiary/aromatic N) is 4. The van der Waals surface area contributed by atoms with Gasteiger partial charge in [-0.1, -0.05) is 41.9 Å². The molecule has 2 aliphatic rings. The second-order valence-corrected chi connectivity index (χ2v) is 11.9. The first-order chi connectivity index (χ1) is 22.9. The zero-order valence-corrected chi connectivity index (χ0v) is 27.5. The minimum atomic E-state index is -0.775. The van der Waals surface area contributed by atoms with Gasteiger partial charge >= 0.3 is 6.01 Å². The molecule has 0 bridgehead atoms. The number of carbonyl (C=O) groups excluding carboxylic acids is 3. The maximum atomic E-state index is 14.1. The predicted molar refractivity (Wildman–Crippen MR) is 176 cm³/mol. The molecule has 250 valence electrons. The molecule has 1 saturated heterocycles. The zero-order chi connectivity index (χ0) is 33.2. The maximum Gasteiger partial charge on any atom is 0.316 e. The van der Waals surface area contributed by atoms with E-state index in [-0.39, 0.29) is 36.3 Å². The molecule has 2 fully saturated rings. The highest BCUT2D eigenvalue weighted by molar-refractivity contribution is 6.31. The number of para-hydroxylation sites is 1. The van der Waals surface area contributed by atoms with E-state index in [1.54, 1.807) is 20.2 Å². The summed E-state index contributed by atoms with van der Waals surface area (Å²) in [5.74, 6) is 0.326. The van der Waals surface area contributed by atoms with Gasteiger partial charge in [0, 0.05) is 49.6 Å². The van der Waals surface area contributed by atoms with Crippen molar-refractivity contribution in [1.29, 1.82) is 0 Å². The van der Waals surface area contributed by atoms with Crippen LogP contribution in [0.15, 0.2) is 54.9 Å². The Kier molecular flexibility index (Phi) is 12.0. The van der Waals surface area contributed by atoms with Gasteiger partial charge in [0.15, 0.2) is 0 Å². The number of benzene rings is 2. The highest BCUT2D eigenvalue weighted by Gasteiger charge is 2.41. The van der Waals surface area contributed by atoms with Crippen LogP contribution in [0.2, 0.25) is 5.02 Å². The van der Waals surface area contributed by atoms with Gasteiger partial charge in [0.2, 0.25) is 17.7 Å². The summed E-state index contributed by atoms with van der Waals surface area (Å²) in [6.45, 7) is 1.97. The van der Waals surface area contributed by atoms with Crippen LogP contribution in [0.1, 0.15) is 42.4 Å². The normalized spacial score (nSPS) is 16.1. The van der Waals surface area contributed by atoms with E-state index in [1.165, 1.54) is 17.3 Å². The van der Waals surface area contributed by atoms with E-state index < -0.39 is 6.04 Å². The molecule has 1 aliphatic heterocycles. The standard InChI is InChI=1S/C34H41ClN6O6/c1-36-31(42)13-9-23-8-12-28(35)25(16-23)21-40(26-10-11-26)33(44)29-19-37-20-32(43)41(29)27-17-38-34(39-18-27)47-15-5-14-46-22-24-6-3-4-7-30(24)45-2/h3-4,6-8,12,16-18,26,29,37H,5,9-11,13-15,19-22H2,1-2H3,(H,36,42)/t29-/m1/s1. The Labute approximate surface area is 279 Å². The van der Waals surface area contributed by atoms with E-state index in [1.807, 2.05) is 41.3 Å². The van der Waals surface area contributed by atoms with Crippen LogP contribution in [-0.4, -0.2) is 85.1 Å². The van der Waals surface area contributed by atoms with Crippen molar-refractivity contribution in [1.82, 2.24) is 25.5 Å². The monoisotopic (exact) mass is 664 g/mol. The average molecular weight is 665 g/mol. The molecule has 2 N–H and O–H groups in total. The maximum absolute atomic E-state index is 14.1. The van der Waals surface area contributed by atoms with Crippen LogP contribution in [0.4, 0.5) is 5.69 Å². The number of ether oxygens (including phenoxy) is 3. The molecular formula is C34H41ClN6O6. The van der Waals surface area contributed by atoms with Crippen molar-refractivity contribution in [2.45, 2.75) is 57.3 Å². The second-order valence-electron chi connectivity index (χ2n) is 11.5. The summed E-state index contributed by atoms with van der Waals surface area (Å²) in [6, 6.07) is 12.8. The van der Waals surface area contributed by atoms with E-state index in [0.29, 0.717) is 62.9 Å². The van der Waals surface area contributed by atoms with Gasteiger partial charge in [-0.2, -0.15) is 0 Å². The lowest BCUT2D eigenvalue weighted by molar-refractivity contribution is -0.136. The van der Waals surface area contributed by atoms with Crippen molar-refractivity contribution in [3.8, 4) is 11.8 Å². The summed E-state index contributed by atoms with van der Waals surface area (Å²) in [7, 11) is 3.25. The molecule has 47 heavy (non-hydrogen) atoms. The number of rotatable bonds is 16. The van der Waals surface area contributed by atoms with Crippen molar-refractivity contribution < 1.29 is 28.6 Å². The van der Waals surface area contributed by atoms with Crippen LogP contribution in [0.3, 0.4) is 0 Å². The molecule has 1 aliphatic carbocycles. The fraction of sp³-hybridized carbons (Fsp3) is 0.441. The Morgan fingerprint density at radius 3 is 2.64 bits per heavy atom. The van der Waals surface area contributed by atoms with Gasteiger partial charge < -0.3 is 29.7 Å². The third-order valence-electron chi connectivity index (χ3n) is 8.13. The molecule has 2 heterocycles. The first-order valence-corrected chi connectivity index (χ1v) is 16.2. The number of hydrogen-bond donors (Lipinski definition) is 2. The second kappa shape index (κ2) is 16.5. The minimum Gasteiger partial charge on any atom is -0.496 e. The van der Waals surface area contributed by atoms with Gasteiger partial charge in [-0.3, -0.25) is 19.3 Å². The molecule has 12 nitrogen and oxygen atoms in total. The first kappa shape index (κ1) is 34.1. The summed E-state index contributed by atoms with van der Waals surface area (Å²) in [4.78, 5) is 50.9. The number of nitrogens with one attached hydrogen (secondary N) is 2. The molecule has 0 spiro atoms. The van der Waals surface area contributed by atoms with Crippen LogP contribution in [0, 0.1) is 0 Å². The fourth-order valence-electron chi connectivity index (χ4n) is 5.46. The smallest absolute Gasteiger partial charge is 0.316 e. The van der Waals surface area contributed by atoms with Gasteiger partial charge in [0.1, 0.15) is 11.8 Å².